The van der Waals surface area contributed by atoms with Gasteiger partial charge in [-0.3, -0.25) is 0 Å². The zero-order chi connectivity index (χ0) is 10.7. The highest BCUT2D eigenvalue weighted by Crippen LogP contribution is 2.31. The first-order chi connectivity index (χ1) is 6.61. The van der Waals surface area contributed by atoms with E-state index in [9.17, 15) is 4.39 Å². The third-order valence-corrected chi connectivity index (χ3v) is 2.35. The first-order valence-corrected chi connectivity index (χ1v) is 4.63. The number of benzene rings is 1. The minimum absolute atomic E-state index is 0.241. The second-order valence-electron chi connectivity index (χ2n) is 3.21. The van der Waals surface area contributed by atoms with Crippen LogP contribution in [0.25, 0.3) is 5.57 Å². The summed E-state index contributed by atoms with van der Waals surface area (Å²) in [5, 5.41) is 0. The van der Waals surface area contributed by atoms with Gasteiger partial charge in [0.15, 0.2) is 0 Å². The number of methoxy groups -OCH3 is 1. The average molecular weight is 194 g/mol. The molecule has 76 valence electrons. The highest BCUT2D eigenvalue weighted by atomic mass is 19.1. The van der Waals surface area contributed by atoms with Crippen LogP contribution in [-0.2, 0) is 0 Å². The first-order valence-electron chi connectivity index (χ1n) is 4.63. The molecule has 1 rings (SSSR count). The summed E-state index contributed by atoms with van der Waals surface area (Å²) < 4.78 is 18.4. The van der Waals surface area contributed by atoms with Gasteiger partial charge in [0.05, 0.1) is 7.11 Å². The Morgan fingerprint density at radius 1 is 1.50 bits per heavy atom. The number of allylic oxidation sites excluding steroid dienone is 1. The summed E-state index contributed by atoms with van der Waals surface area (Å²) in [6.45, 7) is 7.64. The summed E-state index contributed by atoms with van der Waals surface area (Å²) in [5.74, 6) is 0.353. The highest BCUT2D eigenvalue weighted by Gasteiger charge is 2.11. The normalized spacial score (nSPS) is 10.0. The zero-order valence-corrected chi connectivity index (χ0v) is 8.86. The van der Waals surface area contributed by atoms with Gasteiger partial charge in [-0.25, -0.2) is 4.39 Å². The lowest BCUT2D eigenvalue weighted by molar-refractivity contribution is 0.405. The zero-order valence-electron chi connectivity index (χ0n) is 8.86. The second kappa shape index (κ2) is 4.27. The van der Waals surface area contributed by atoms with Gasteiger partial charge in [0.25, 0.3) is 0 Å². The molecule has 1 nitrogen and oxygen atoms in total. The van der Waals surface area contributed by atoms with Crippen molar-refractivity contribution in [3.63, 3.8) is 0 Å². The lowest BCUT2D eigenvalue weighted by atomic mass is 10.0. The molecule has 1 aromatic rings. The summed E-state index contributed by atoms with van der Waals surface area (Å²) in [7, 11) is 1.55. The predicted octanol–water partition coefficient (Wildman–Crippen LogP) is 3.57. The van der Waals surface area contributed by atoms with Crippen LogP contribution in [0.2, 0.25) is 0 Å². The molecule has 14 heavy (non-hydrogen) atoms. The Hall–Kier alpha value is -1.31. The Balaban J connectivity index is 3.31. The van der Waals surface area contributed by atoms with Crippen molar-refractivity contribution in [2.75, 3.05) is 7.11 Å². The average Bonchev–Trinajstić information content (AvgIpc) is 2.20. The molecule has 0 spiro atoms. The van der Waals surface area contributed by atoms with E-state index in [1.165, 1.54) is 6.07 Å². The van der Waals surface area contributed by atoms with E-state index in [4.69, 9.17) is 4.74 Å². The van der Waals surface area contributed by atoms with Crippen LogP contribution in [0.3, 0.4) is 0 Å². The summed E-state index contributed by atoms with van der Waals surface area (Å²) in [5.41, 5.74) is 2.40. The maximum absolute atomic E-state index is 13.2. The molecule has 0 heterocycles. The Morgan fingerprint density at radius 2 is 2.14 bits per heavy atom. The van der Waals surface area contributed by atoms with E-state index in [2.05, 4.69) is 6.58 Å². The second-order valence-corrected chi connectivity index (χ2v) is 3.21. The third kappa shape index (κ3) is 1.79. The van der Waals surface area contributed by atoms with Crippen LogP contribution >= 0.6 is 0 Å². The van der Waals surface area contributed by atoms with Crippen molar-refractivity contribution < 1.29 is 9.13 Å². The molecule has 0 saturated carbocycles. The van der Waals surface area contributed by atoms with Gasteiger partial charge in [0.1, 0.15) is 11.6 Å². The largest absolute Gasteiger partial charge is 0.496 e. The number of hydrogen-bond donors (Lipinski definition) is 0. The lowest BCUT2D eigenvalue weighted by Crippen LogP contribution is -1.96. The molecule has 0 aliphatic carbocycles. The van der Waals surface area contributed by atoms with Crippen molar-refractivity contribution in [3.8, 4) is 5.75 Å². The van der Waals surface area contributed by atoms with Gasteiger partial charge in [-0.1, -0.05) is 13.5 Å². The molecule has 0 aliphatic heterocycles. The smallest absolute Gasteiger partial charge is 0.132 e. The summed E-state index contributed by atoms with van der Waals surface area (Å²) in [6, 6.07) is 3.17. The molecule has 0 amide bonds. The quantitative estimate of drug-likeness (QED) is 0.714. The molecule has 0 N–H and O–H groups in total. The van der Waals surface area contributed by atoms with Crippen LogP contribution in [-0.4, -0.2) is 7.11 Å². The van der Waals surface area contributed by atoms with Crippen molar-refractivity contribution in [3.05, 3.63) is 35.7 Å². The predicted molar refractivity (Wildman–Crippen MR) is 57.0 cm³/mol. The minimum Gasteiger partial charge on any atom is -0.496 e. The summed E-state index contributed by atoms with van der Waals surface area (Å²) in [6.07, 6.45) is 0.835. The number of ether oxygens (including phenoxy) is 1. The van der Waals surface area contributed by atoms with Crippen LogP contribution in [0, 0.1) is 12.7 Å². The van der Waals surface area contributed by atoms with Crippen molar-refractivity contribution in [2.45, 2.75) is 20.3 Å². The Kier molecular flexibility index (Phi) is 3.28. The number of hydrogen-bond acceptors (Lipinski definition) is 1. The van der Waals surface area contributed by atoms with E-state index < -0.39 is 0 Å². The fraction of sp³-hybridized carbons (Fsp3) is 0.333. The van der Waals surface area contributed by atoms with Gasteiger partial charge >= 0.3 is 0 Å². The van der Waals surface area contributed by atoms with E-state index in [1.807, 2.05) is 6.92 Å². The Morgan fingerprint density at radius 3 is 2.64 bits per heavy atom. The van der Waals surface area contributed by atoms with Gasteiger partial charge in [0, 0.05) is 11.1 Å². The van der Waals surface area contributed by atoms with E-state index in [1.54, 1.807) is 20.1 Å². The number of rotatable bonds is 3. The molecule has 0 fully saturated rings. The van der Waals surface area contributed by atoms with Gasteiger partial charge in [-0.2, -0.15) is 0 Å². The number of halogens is 1. The minimum atomic E-state index is -0.241. The van der Waals surface area contributed by atoms with Crippen LogP contribution in [0.5, 0.6) is 5.75 Å². The van der Waals surface area contributed by atoms with Crippen LogP contribution in [0.1, 0.15) is 24.5 Å². The third-order valence-electron chi connectivity index (χ3n) is 2.35. The maximum Gasteiger partial charge on any atom is 0.132 e. The SMILES string of the molecule is C=C(CC)c1ccc(F)c(C)c1OC. The molecular weight excluding hydrogens is 179 g/mol. The molecule has 0 unspecified atom stereocenters. The van der Waals surface area contributed by atoms with Gasteiger partial charge in [0.2, 0.25) is 0 Å². The van der Waals surface area contributed by atoms with E-state index in [0.29, 0.717) is 11.3 Å². The molecule has 1 aromatic carbocycles. The molecule has 2 heteroatoms. The van der Waals surface area contributed by atoms with E-state index in [0.717, 1.165) is 17.6 Å². The molecule has 0 bridgehead atoms. The Labute approximate surface area is 84.2 Å². The van der Waals surface area contributed by atoms with Gasteiger partial charge in [-0.05, 0) is 31.1 Å². The van der Waals surface area contributed by atoms with Gasteiger partial charge in [-0.15, -0.1) is 0 Å². The van der Waals surface area contributed by atoms with Crippen LogP contribution < -0.4 is 4.74 Å². The fourth-order valence-electron chi connectivity index (χ4n) is 1.40. The van der Waals surface area contributed by atoms with E-state index >= 15 is 0 Å². The van der Waals surface area contributed by atoms with Crippen LogP contribution in [0.4, 0.5) is 4.39 Å². The van der Waals surface area contributed by atoms with Crippen molar-refractivity contribution in [1.29, 1.82) is 0 Å². The topological polar surface area (TPSA) is 9.23 Å². The van der Waals surface area contributed by atoms with E-state index in [-0.39, 0.29) is 5.82 Å². The van der Waals surface area contributed by atoms with Crippen molar-refractivity contribution in [2.24, 2.45) is 0 Å². The van der Waals surface area contributed by atoms with Crippen molar-refractivity contribution in [1.82, 2.24) is 0 Å². The highest BCUT2D eigenvalue weighted by molar-refractivity contribution is 5.70. The lowest BCUT2D eigenvalue weighted by Gasteiger charge is -2.12. The summed E-state index contributed by atoms with van der Waals surface area (Å²) in [4.78, 5) is 0. The Bertz CT molecular complexity index is 356. The van der Waals surface area contributed by atoms with Crippen molar-refractivity contribution >= 4 is 5.57 Å². The molecule has 0 aromatic heterocycles. The molecular formula is C12H15FO. The molecule has 0 saturated heterocycles. The first kappa shape index (κ1) is 10.8. The standard InChI is InChI=1S/C12H15FO/c1-5-8(2)10-6-7-11(13)9(3)12(10)14-4/h6-7H,2,5H2,1,3-4H3. The molecule has 0 atom stereocenters. The molecule has 0 radical (unpaired) electrons. The monoisotopic (exact) mass is 194 g/mol. The summed E-state index contributed by atoms with van der Waals surface area (Å²) >= 11 is 0. The molecule has 0 aliphatic rings. The van der Waals surface area contributed by atoms with Gasteiger partial charge < -0.3 is 4.74 Å². The fourth-order valence-corrected chi connectivity index (χ4v) is 1.40. The maximum atomic E-state index is 13.2. The van der Waals surface area contributed by atoms with Crippen LogP contribution in [0.15, 0.2) is 18.7 Å².